The van der Waals surface area contributed by atoms with Crippen LogP contribution in [0.2, 0.25) is 0 Å². The molecule has 1 aromatic carbocycles. The normalized spacial score (nSPS) is 19.8. The second kappa shape index (κ2) is 8.04. The lowest BCUT2D eigenvalue weighted by atomic mass is 10.1. The van der Waals surface area contributed by atoms with E-state index in [0.717, 1.165) is 42.1 Å². The molecule has 0 spiro atoms. The van der Waals surface area contributed by atoms with Crippen LogP contribution in [0.1, 0.15) is 35.7 Å². The summed E-state index contributed by atoms with van der Waals surface area (Å²) < 4.78 is 3.19. The Morgan fingerprint density at radius 1 is 1.32 bits per heavy atom. The molecule has 6 heteroatoms. The van der Waals surface area contributed by atoms with Crippen molar-refractivity contribution >= 4 is 21.9 Å². The van der Waals surface area contributed by atoms with Gasteiger partial charge in [0, 0.05) is 42.3 Å². The molecule has 2 aromatic rings. The first-order valence-electron chi connectivity index (χ1n) is 8.80. The highest BCUT2D eigenvalue weighted by Gasteiger charge is 2.38. The number of halogens is 1. The summed E-state index contributed by atoms with van der Waals surface area (Å²) in [6.07, 6.45) is 2.18. The molecule has 134 valence electrons. The van der Waals surface area contributed by atoms with Crippen LogP contribution in [0.3, 0.4) is 0 Å². The van der Waals surface area contributed by atoms with E-state index in [0.29, 0.717) is 12.0 Å². The second-order valence-electron chi connectivity index (χ2n) is 6.65. The van der Waals surface area contributed by atoms with Gasteiger partial charge in [0.1, 0.15) is 0 Å². The smallest absolute Gasteiger partial charge is 0.191 e. The molecule has 1 fully saturated rings. The summed E-state index contributed by atoms with van der Waals surface area (Å²) in [7, 11) is 1.83. The minimum atomic E-state index is 0.475. The Labute approximate surface area is 158 Å². The Morgan fingerprint density at radius 3 is 2.72 bits per heavy atom. The van der Waals surface area contributed by atoms with Crippen molar-refractivity contribution < 1.29 is 0 Å². The van der Waals surface area contributed by atoms with Gasteiger partial charge in [-0.1, -0.05) is 28.1 Å². The molecule has 1 aliphatic carbocycles. The van der Waals surface area contributed by atoms with Crippen molar-refractivity contribution in [2.45, 2.75) is 45.2 Å². The Balaban J connectivity index is 1.40. The zero-order valence-electron chi connectivity index (χ0n) is 15.1. The SMILES string of the molecule is CN=C(NCCCn1nc(C)cc1C)NC1CC1c1ccc(Br)cc1. The fraction of sp³-hybridized carbons (Fsp3) is 0.474. The molecule has 2 unspecified atom stereocenters. The van der Waals surface area contributed by atoms with Crippen molar-refractivity contribution in [3.8, 4) is 0 Å². The lowest BCUT2D eigenvalue weighted by molar-refractivity contribution is 0.555. The summed E-state index contributed by atoms with van der Waals surface area (Å²) in [6, 6.07) is 11.2. The summed E-state index contributed by atoms with van der Waals surface area (Å²) in [5.74, 6) is 1.47. The van der Waals surface area contributed by atoms with Gasteiger partial charge in [-0.25, -0.2) is 0 Å². The highest BCUT2D eigenvalue weighted by Crippen LogP contribution is 2.40. The predicted octanol–water partition coefficient (Wildman–Crippen LogP) is 3.37. The average molecular weight is 404 g/mol. The van der Waals surface area contributed by atoms with Crippen molar-refractivity contribution in [3.63, 3.8) is 0 Å². The molecule has 0 saturated heterocycles. The number of benzene rings is 1. The standard InChI is InChI=1S/C19H26BrN5/c1-13-11-14(2)25(24-13)10-4-9-22-19(21-3)23-18-12-17(18)15-5-7-16(20)8-6-15/h5-8,11,17-18H,4,9-10,12H2,1-3H3,(H2,21,22,23). The monoisotopic (exact) mass is 403 g/mol. The molecule has 1 aliphatic rings. The van der Waals surface area contributed by atoms with E-state index in [4.69, 9.17) is 0 Å². The van der Waals surface area contributed by atoms with Gasteiger partial charge in [-0.3, -0.25) is 9.67 Å². The number of guanidine groups is 1. The summed E-state index contributed by atoms with van der Waals surface area (Å²) in [4.78, 5) is 4.34. The van der Waals surface area contributed by atoms with Crippen molar-refractivity contribution in [1.82, 2.24) is 20.4 Å². The minimum absolute atomic E-state index is 0.475. The third kappa shape index (κ3) is 4.84. The molecule has 25 heavy (non-hydrogen) atoms. The van der Waals surface area contributed by atoms with Crippen LogP contribution in [0.4, 0.5) is 0 Å². The van der Waals surface area contributed by atoms with Gasteiger partial charge in [0.15, 0.2) is 5.96 Å². The van der Waals surface area contributed by atoms with Crippen LogP contribution in [0.15, 0.2) is 39.8 Å². The summed E-state index contributed by atoms with van der Waals surface area (Å²) in [5.41, 5.74) is 3.69. The fourth-order valence-corrected chi connectivity index (χ4v) is 3.40. The lowest BCUT2D eigenvalue weighted by Crippen LogP contribution is -2.39. The van der Waals surface area contributed by atoms with E-state index in [1.807, 2.05) is 14.0 Å². The van der Waals surface area contributed by atoms with Crippen LogP contribution >= 0.6 is 15.9 Å². The first-order valence-corrected chi connectivity index (χ1v) is 9.60. The third-order valence-electron chi connectivity index (χ3n) is 4.58. The highest BCUT2D eigenvalue weighted by molar-refractivity contribution is 9.10. The molecule has 0 bridgehead atoms. The maximum absolute atomic E-state index is 4.49. The van der Waals surface area contributed by atoms with E-state index in [1.165, 1.54) is 11.3 Å². The van der Waals surface area contributed by atoms with Gasteiger partial charge in [-0.05, 0) is 50.5 Å². The number of nitrogens with one attached hydrogen (secondary N) is 2. The van der Waals surface area contributed by atoms with Crippen LogP contribution < -0.4 is 10.6 Å². The van der Waals surface area contributed by atoms with Gasteiger partial charge in [0.2, 0.25) is 0 Å². The molecule has 0 radical (unpaired) electrons. The number of nitrogens with zero attached hydrogens (tertiary/aromatic N) is 3. The predicted molar refractivity (Wildman–Crippen MR) is 106 cm³/mol. The molecular formula is C19H26BrN5. The van der Waals surface area contributed by atoms with Gasteiger partial charge in [0.25, 0.3) is 0 Å². The zero-order chi connectivity index (χ0) is 17.8. The molecule has 3 rings (SSSR count). The van der Waals surface area contributed by atoms with Crippen LogP contribution in [0, 0.1) is 13.8 Å². The molecule has 0 aliphatic heterocycles. The maximum Gasteiger partial charge on any atom is 0.191 e. The van der Waals surface area contributed by atoms with E-state index >= 15 is 0 Å². The molecule has 1 aromatic heterocycles. The topological polar surface area (TPSA) is 54.2 Å². The lowest BCUT2D eigenvalue weighted by Gasteiger charge is -2.12. The molecular weight excluding hydrogens is 378 g/mol. The fourth-order valence-electron chi connectivity index (χ4n) is 3.14. The van der Waals surface area contributed by atoms with Crippen LogP contribution in [0.25, 0.3) is 0 Å². The molecule has 1 saturated carbocycles. The Hall–Kier alpha value is -1.82. The highest BCUT2D eigenvalue weighted by atomic mass is 79.9. The van der Waals surface area contributed by atoms with E-state index < -0.39 is 0 Å². The number of aromatic nitrogens is 2. The number of hydrogen-bond donors (Lipinski definition) is 2. The van der Waals surface area contributed by atoms with Crippen LogP contribution in [0.5, 0.6) is 0 Å². The average Bonchev–Trinajstić information content (AvgIpc) is 3.28. The molecule has 1 heterocycles. The van der Waals surface area contributed by atoms with Crippen molar-refractivity contribution in [1.29, 1.82) is 0 Å². The summed E-state index contributed by atoms with van der Waals surface area (Å²) >= 11 is 3.49. The second-order valence-corrected chi connectivity index (χ2v) is 7.56. The van der Waals surface area contributed by atoms with Crippen LogP contribution in [-0.2, 0) is 6.54 Å². The van der Waals surface area contributed by atoms with Gasteiger partial charge in [-0.2, -0.15) is 5.10 Å². The third-order valence-corrected chi connectivity index (χ3v) is 5.11. The number of rotatable bonds is 6. The quantitative estimate of drug-likeness (QED) is 0.441. The van der Waals surface area contributed by atoms with Crippen molar-refractivity contribution in [2.24, 2.45) is 4.99 Å². The largest absolute Gasteiger partial charge is 0.356 e. The first-order chi connectivity index (χ1) is 12.1. The van der Waals surface area contributed by atoms with Gasteiger partial charge in [-0.15, -0.1) is 0 Å². The molecule has 2 atom stereocenters. The van der Waals surface area contributed by atoms with Gasteiger partial charge >= 0.3 is 0 Å². The Bertz CT molecular complexity index is 735. The summed E-state index contributed by atoms with van der Waals surface area (Å²) in [6.45, 7) is 5.94. The Morgan fingerprint density at radius 2 is 2.08 bits per heavy atom. The Kier molecular flexibility index (Phi) is 5.78. The first kappa shape index (κ1) is 18.0. The van der Waals surface area contributed by atoms with Crippen LogP contribution in [-0.4, -0.2) is 35.4 Å². The number of aryl methyl sites for hydroxylation is 3. The van der Waals surface area contributed by atoms with Crippen molar-refractivity contribution in [3.05, 3.63) is 51.8 Å². The summed E-state index contributed by atoms with van der Waals surface area (Å²) in [5, 5.41) is 11.4. The molecule has 5 nitrogen and oxygen atoms in total. The van der Waals surface area contributed by atoms with Gasteiger partial charge < -0.3 is 10.6 Å². The molecule has 2 N–H and O–H groups in total. The van der Waals surface area contributed by atoms with E-state index in [1.54, 1.807) is 0 Å². The maximum atomic E-state index is 4.49. The molecule has 0 amide bonds. The number of hydrogen-bond acceptors (Lipinski definition) is 2. The van der Waals surface area contributed by atoms with Gasteiger partial charge in [0.05, 0.1) is 5.69 Å². The van der Waals surface area contributed by atoms with E-state index in [-0.39, 0.29) is 0 Å². The van der Waals surface area contributed by atoms with E-state index in [9.17, 15) is 0 Å². The number of aliphatic imine (C=N–C) groups is 1. The van der Waals surface area contributed by atoms with E-state index in [2.05, 4.69) is 78.6 Å². The minimum Gasteiger partial charge on any atom is -0.356 e. The zero-order valence-corrected chi connectivity index (χ0v) is 16.7. The van der Waals surface area contributed by atoms with Crippen molar-refractivity contribution in [2.75, 3.05) is 13.6 Å².